The first-order chi connectivity index (χ1) is 6.24. The van der Waals surface area contributed by atoms with Gasteiger partial charge in [-0.25, -0.2) is 0 Å². The van der Waals surface area contributed by atoms with Crippen molar-refractivity contribution in [3.8, 4) is 0 Å². The standard InChI is InChI=1S/C10H16N2S/c1-12(2)10-5-3-4-9(8-10)11-6-7-13/h3-5,8,11,13H,6-7H2,1-2H3. The van der Waals surface area contributed by atoms with Crippen LogP contribution in [-0.2, 0) is 0 Å². The van der Waals surface area contributed by atoms with Crippen molar-refractivity contribution in [1.29, 1.82) is 0 Å². The Bertz CT molecular complexity index is 261. The van der Waals surface area contributed by atoms with E-state index < -0.39 is 0 Å². The van der Waals surface area contributed by atoms with E-state index in [0.717, 1.165) is 18.0 Å². The molecule has 0 spiro atoms. The fraction of sp³-hybridized carbons (Fsp3) is 0.400. The molecule has 2 nitrogen and oxygen atoms in total. The lowest BCUT2D eigenvalue weighted by molar-refractivity contribution is 1.13. The Morgan fingerprint density at radius 1 is 1.38 bits per heavy atom. The van der Waals surface area contributed by atoms with Gasteiger partial charge in [0.15, 0.2) is 0 Å². The normalized spacial score (nSPS) is 9.77. The molecule has 0 amide bonds. The molecule has 13 heavy (non-hydrogen) atoms. The van der Waals surface area contributed by atoms with E-state index in [-0.39, 0.29) is 0 Å². The fourth-order valence-electron chi connectivity index (χ4n) is 1.09. The van der Waals surface area contributed by atoms with Crippen LogP contribution in [0.25, 0.3) is 0 Å². The van der Waals surface area contributed by atoms with Gasteiger partial charge >= 0.3 is 0 Å². The lowest BCUT2D eigenvalue weighted by Gasteiger charge is -2.14. The van der Waals surface area contributed by atoms with E-state index in [1.54, 1.807) is 0 Å². The summed E-state index contributed by atoms with van der Waals surface area (Å²) in [5.41, 5.74) is 2.37. The van der Waals surface area contributed by atoms with Gasteiger partial charge in [-0.05, 0) is 18.2 Å². The van der Waals surface area contributed by atoms with Crippen molar-refractivity contribution in [1.82, 2.24) is 0 Å². The van der Waals surface area contributed by atoms with Crippen molar-refractivity contribution in [2.75, 3.05) is 36.6 Å². The quantitative estimate of drug-likeness (QED) is 0.717. The van der Waals surface area contributed by atoms with Gasteiger partial charge in [-0.1, -0.05) is 6.07 Å². The summed E-state index contributed by atoms with van der Waals surface area (Å²) in [6, 6.07) is 8.34. The van der Waals surface area contributed by atoms with Crippen molar-refractivity contribution >= 4 is 24.0 Å². The minimum atomic E-state index is 0.853. The summed E-state index contributed by atoms with van der Waals surface area (Å²) in [5.74, 6) is 0.853. The summed E-state index contributed by atoms with van der Waals surface area (Å²) in [4.78, 5) is 2.09. The zero-order chi connectivity index (χ0) is 9.68. The molecule has 0 bridgehead atoms. The third-order valence-electron chi connectivity index (χ3n) is 1.80. The highest BCUT2D eigenvalue weighted by atomic mass is 32.1. The van der Waals surface area contributed by atoms with E-state index >= 15 is 0 Å². The SMILES string of the molecule is CN(C)c1cccc(NCCS)c1. The Morgan fingerprint density at radius 2 is 2.15 bits per heavy atom. The Hall–Kier alpha value is -0.830. The minimum absolute atomic E-state index is 0.853. The molecule has 1 aromatic carbocycles. The predicted octanol–water partition coefficient (Wildman–Crippen LogP) is 2.09. The molecule has 0 radical (unpaired) electrons. The van der Waals surface area contributed by atoms with E-state index in [9.17, 15) is 0 Å². The van der Waals surface area contributed by atoms with Gasteiger partial charge in [0, 0.05) is 37.8 Å². The fourth-order valence-corrected chi connectivity index (χ4v) is 1.21. The first-order valence-corrected chi connectivity index (χ1v) is 4.99. The van der Waals surface area contributed by atoms with Crippen LogP contribution in [0.5, 0.6) is 0 Å². The molecule has 0 fully saturated rings. The van der Waals surface area contributed by atoms with E-state index in [0.29, 0.717) is 0 Å². The van der Waals surface area contributed by atoms with Crippen molar-refractivity contribution < 1.29 is 0 Å². The number of nitrogens with one attached hydrogen (secondary N) is 1. The summed E-state index contributed by atoms with van der Waals surface area (Å²) < 4.78 is 0. The third kappa shape index (κ3) is 3.19. The maximum atomic E-state index is 4.14. The second kappa shape index (κ2) is 5.02. The van der Waals surface area contributed by atoms with E-state index in [4.69, 9.17) is 0 Å². The summed E-state index contributed by atoms with van der Waals surface area (Å²) in [6.07, 6.45) is 0. The van der Waals surface area contributed by atoms with Crippen LogP contribution in [0.3, 0.4) is 0 Å². The highest BCUT2D eigenvalue weighted by Crippen LogP contribution is 2.16. The molecule has 3 heteroatoms. The van der Waals surface area contributed by atoms with Crippen LogP contribution >= 0.6 is 12.6 Å². The molecular weight excluding hydrogens is 180 g/mol. The topological polar surface area (TPSA) is 15.3 Å². The molecule has 0 atom stereocenters. The highest BCUT2D eigenvalue weighted by Gasteiger charge is 1.95. The third-order valence-corrected chi connectivity index (χ3v) is 2.03. The van der Waals surface area contributed by atoms with Crippen LogP contribution in [0.2, 0.25) is 0 Å². The highest BCUT2D eigenvalue weighted by molar-refractivity contribution is 7.80. The van der Waals surface area contributed by atoms with Crippen LogP contribution in [0.1, 0.15) is 0 Å². The number of anilines is 2. The Morgan fingerprint density at radius 3 is 2.77 bits per heavy atom. The van der Waals surface area contributed by atoms with Crippen LogP contribution in [-0.4, -0.2) is 26.4 Å². The summed E-state index contributed by atoms with van der Waals surface area (Å²) in [5, 5.41) is 3.29. The number of hydrogen-bond donors (Lipinski definition) is 2. The summed E-state index contributed by atoms with van der Waals surface area (Å²) in [7, 11) is 4.08. The van der Waals surface area contributed by atoms with E-state index in [2.05, 4.69) is 47.1 Å². The average Bonchev–Trinajstić information content (AvgIpc) is 2.15. The van der Waals surface area contributed by atoms with Gasteiger partial charge in [0.2, 0.25) is 0 Å². The van der Waals surface area contributed by atoms with Crippen LogP contribution in [0.15, 0.2) is 24.3 Å². The largest absolute Gasteiger partial charge is 0.384 e. The Kier molecular flexibility index (Phi) is 3.96. The maximum Gasteiger partial charge on any atom is 0.0381 e. The molecule has 0 unspecified atom stereocenters. The smallest absolute Gasteiger partial charge is 0.0381 e. The predicted molar refractivity (Wildman–Crippen MR) is 63.1 cm³/mol. The zero-order valence-corrected chi connectivity index (χ0v) is 9.01. The first kappa shape index (κ1) is 10.3. The molecule has 1 rings (SSSR count). The summed E-state index contributed by atoms with van der Waals surface area (Å²) in [6.45, 7) is 0.903. The average molecular weight is 196 g/mol. The van der Waals surface area contributed by atoms with Crippen molar-refractivity contribution in [3.63, 3.8) is 0 Å². The second-order valence-electron chi connectivity index (χ2n) is 3.10. The van der Waals surface area contributed by atoms with Gasteiger partial charge in [0.05, 0.1) is 0 Å². The number of nitrogens with zero attached hydrogens (tertiary/aromatic N) is 1. The Labute approximate surface area is 85.4 Å². The van der Waals surface area contributed by atoms with Gasteiger partial charge in [0.25, 0.3) is 0 Å². The minimum Gasteiger partial charge on any atom is -0.384 e. The molecule has 0 aliphatic heterocycles. The number of rotatable bonds is 4. The lowest BCUT2D eigenvalue weighted by Crippen LogP contribution is -2.09. The van der Waals surface area contributed by atoms with Gasteiger partial charge in [-0.15, -0.1) is 0 Å². The van der Waals surface area contributed by atoms with Crippen LogP contribution in [0.4, 0.5) is 11.4 Å². The molecular formula is C10H16N2S. The lowest BCUT2D eigenvalue weighted by atomic mass is 10.2. The van der Waals surface area contributed by atoms with Gasteiger partial charge in [-0.2, -0.15) is 12.6 Å². The van der Waals surface area contributed by atoms with E-state index in [1.165, 1.54) is 5.69 Å². The molecule has 0 aromatic heterocycles. The molecule has 0 saturated carbocycles. The number of benzene rings is 1. The molecule has 0 aliphatic carbocycles. The van der Waals surface area contributed by atoms with Gasteiger partial charge in [0.1, 0.15) is 0 Å². The van der Waals surface area contributed by atoms with Crippen LogP contribution < -0.4 is 10.2 Å². The Balaban J connectivity index is 2.68. The van der Waals surface area contributed by atoms with Crippen molar-refractivity contribution in [2.24, 2.45) is 0 Å². The molecule has 1 N–H and O–H groups in total. The van der Waals surface area contributed by atoms with Crippen molar-refractivity contribution in [3.05, 3.63) is 24.3 Å². The molecule has 0 heterocycles. The first-order valence-electron chi connectivity index (χ1n) is 4.36. The molecule has 0 saturated heterocycles. The van der Waals surface area contributed by atoms with Gasteiger partial charge < -0.3 is 10.2 Å². The van der Waals surface area contributed by atoms with E-state index in [1.807, 2.05) is 14.1 Å². The zero-order valence-electron chi connectivity index (χ0n) is 8.12. The van der Waals surface area contributed by atoms with Crippen molar-refractivity contribution in [2.45, 2.75) is 0 Å². The molecule has 1 aromatic rings. The molecule has 72 valence electrons. The number of hydrogen-bond acceptors (Lipinski definition) is 3. The van der Waals surface area contributed by atoms with Gasteiger partial charge in [-0.3, -0.25) is 0 Å². The second-order valence-corrected chi connectivity index (χ2v) is 3.54. The number of thiol groups is 1. The summed E-state index contributed by atoms with van der Waals surface area (Å²) >= 11 is 4.14. The maximum absolute atomic E-state index is 4.14. The molecule has 0 aliphatic rings. The van der Waals surface area contributed by atoms with Crippen LogP contribution in [0, 0.1) is 0 Å². The monoisotopic (exact) mass is 196 g/mol.